The predicted octanol–water partition coefficient (Wildman–Crippen LogP) is 3.97. The summed E-state index contributed by atoms with van der Waals surface area (Å²) < 4.78 is 19.7. The second-order valence-electron chi connectivity index (χ2n) is 9.52. The van der Waals surface area contributed by atoms with Crippen LogP contribution in [-0.2, 0) is 19.5 Å². The first-order valence-corrected chi connectivity index (χ1v) is 12.8. The summed E-state index contributed by atoms with van der Waals surface area (Å²) in [5.41, 5.74) is 4.29. The van der Waals surface area contributed by atoms with Crippen LogP contribution in [0.25, 0.3) is 0 Å². The monoisotopic (exact) mass is 490 g/mol. The molecule has 8 heteroatoms. The maximum absolute atomic E-state index is 14.3. The molecule has 0 aliphatic carbocycles. The summed E-state index contributed by atoms with van der Waals surface area (Å²) in [5.74, 6) is 2.53. The van der Waals surface area contributed by atoms with E-state index in [-0.39, 0.29) is 5.82 Å². The smallest absolute Gasteiger partial charge is 0.227 e. The second kappa shape index (κ2) is 10.7. The normalized spacial score (nSPS) is 16.1. The number of fused-ring (bicyclic) bond motifs is 1. The van der Waals surface area contributed by atoms with Gasteiger partial charge < -0.3 is 19.4 Å². The second-order valence-corrected chi connectivity index (χ2v) is 9.52. The van der Waals surface area contributed by atoms with E-state index in [1.807, 2.05) is 24.3 Å². The first kappa shape index (κ1) is 24.3. The summed E-state index contributed by atoms with van der Waals surface area (Å²) in [5, 5.41) is 0. The van der Waals surface area contributed by atoms with Crippen molar-refractivity contribution in [3.05, 3.63) is 71.2 Å². The van der Waals surface area contributed by atoms with Gasteiger partial charge in [0.15, 0.2) is 0 Å². The van der Waals surface area contributed by atoms with Gasteiger partial charge in [0.2, 0.25) is 5.95 Å². The topological polar surface area (TPSA) is 48.0 Å². The minimum atomic E-state index is -0.165. The zero-order valence-electron chi connectivity index (χ0n) is 21.5. The van der Waals surface area contributed by atoms with Crippen LogP contribution < -0.4 is 19.4 Å². The molecular weight excluding hydrogens is 455 g/mol. The maximum Gasteiger partial charge on any atom is 0.227 e. The Morgan fingerprint density at radius 1 is 0.972 bits per heavy atom. The number of methoxy groups -OCH3 is 1. The van der Waals surface area contributed by atoms with Crippen molar-refractivity contribution in [1.29, 1.82) is 0 Å². The molecule has 36 heavy (non-hydrogen) atoms. The lowest BCUT2D eigenvalue weighted by Gasteiger charge is -2.37. The molecule has 0 amide bonds. The summed E-state index contributed by atoms with van der Waals surface area (Å²) in [7, 11) is 3.81. The van der Waals surface area contributed by atoms with Gasteiger partial charge in [-0.3, -0.25) is 4.90 Å². The molecule has 5 rings (SSSR count). The van der Waals surface area contributed by atoms with Crippen LogP contribution in [0, 0.1) is 5.82 Å². The van der Waals surface area contributed by atoms with E-state index in [9.17, 15) is 4.39 Å². The van der Waals surface area contributed by atoms with Crippen molar-refractivity contribution in [2.24, 2.45) is 0 Å². The molecule has 190 valence electrons. The van der Waals surface area contributed by atoms with Gasteiger partial charge in [0.25, 0.3) is 0 Å². The van der Waals surface area contributed by atoms with E-state index in [0.29, 0.717) is 5.69 Å². The minimum Gasteiger partial charge on any atom is -0.497 e. The number of hydrogen-bond acceptors (Lipinski definition) is 7. The predicted molar refractivity (Wildman–Crippen MR) is 143 cm³/mol. The molecule has 2 aliphatic rings. The molecule has 1 fully saturated rings. The highest BCUT2D eigenvalue weighted by Crippen LogP contribution is 2.30. The summed E-state index contributed by atoms with van der Waals surface area (Å²) in [4.78, 5) is 19.1. The molecular formula is C28H35FN6O. The highest BCUT2D eigenvalue weighted by molar-refractivity contribution is 5.55. The van der Waals surface area contributed by atoms with Gasteiger partial charge in [-0.05, 0) is 36.8 Å². The number of nitrogens with zero attached hydrogens (tertiary/aromatic N) is 6. The Morgan fingerprint density at radius 2 is 1.75 bits per heavy atom. The quantitative estimate of drug-likeness (QED) is 0.497. The van der Waals surface area contributed by atoms with Crippen LogP contribution in [0.4, 0.5) is 21.8 Å². The Hall–Kier alpha value is -3.39. The van der Waals surface area contributed by atoms with Crippen molar-refractivity contribution in [3.8, 4) is 5.75 Å². The zero-order valence-corrected chi connectivity index (χ0v) is 21.5. The van der Waals surface area contributed by atoms with Crippen molar-refractivity contribution in [1.82, 2.24) is 14.9 Å². The summed E-state index contributed by atoms with van der Waals surface area (Å²) in [6.07, 6.45) is 0.897. The highest BCUT2D eigenvalue weighted by atomic mass is 19.1. The van der Waals surface area contributed by atoms with Gasteiger partial charge in [0.1, 0.15) is 17.4 Å². The Morgan fingerprint density at radius 3 is 2.50 bits per heavy atom. The number of para-hydroxylation sites is 1. The largest absolute Gasteiger partial charge is 0.497 e. The number of aromatic nitrogens is 2. The first-order valence-electron chi connectivity index (χ1n) is 12.8. The third-order valence-corrected chi connectivity index (χ3v) is 7.24. The maximum atomic E-state index is 14.3. The third kappa shape index (κ3) is 5.09. The highest BCUT2D eigenvalue weighted by Gasteiger charge is 2.27. The van der Waals surface area contributed by atoms with E-state index in [0.717, 1.165) is 82.0 Å². The molecule has 2 aromatic carbocycles. The fourth-order valence-electron chi connectivity index (χ4n) is 5.07. The van der Waals surface area contributed by atoms with Crippen molar-refractivity contribution in [2.45, 2.75) is 26.4 Å². The Labute approximate surface area is 213 Å². The fraction of sp³-hybridized carbons (Fsp3) is 0.429. The van der Waals surface area contributed by atoms with Crippen molar-refractivity contribution < 1.29 is 9.13 Å². The van der Waals surface area contributed by atoms with Crippen LogP contribution >= 0.6 is 0 Å². The van der Waals surface area contributed by atoms with E-state index in [1.54, 1.807) is 13.2 Å². The van der Waals surface area contributed by atoms with Crippen molar-refractivity contribution >= 4 is 17.5 Å². The van der Waals surface area contributed by atoms with E-state index in [4.69, 9.17) is 14.7 Å². The number of halogens is 1. The Balaban J connectivity index is 1.34. The Bertz CT molecular complexity index is 1200. The molecule has 0 atom stereocenters. The molecule has 7 nitrogen and oxygen atoms in total. The molecule has 3 aromatic rings. The van der Waals surface area contributed by atoms with Crippen LogP contribution in [-0.4, -0.2) is 68.3 Å². The van der Waals surface area contributed by atoms with Crippen LogP contribution in [0.3, 0.4) is 0 Å². The van der Waals surface area contributed by atoms with Gasteiger partial charge in [-0.15, -0.1) is 0 Å². The first-order chi connectivity index (χ1) is 17.6. The van der Waals surface area contributed by atoms with Gasteiger partial charge in [0.05, 0.1) is 18.5 Å². The van der Waals surface area contributed by atoms with Gasteiger partial charge in [-0.1, -0.05) is 24.3 Å². The third-order valence-electron chi connectivity index (χ3n) is 7.24. The lowest BCUT2D eigenvalue weighted by molar-refractivity contribution is 0.243. The standard InChI is InChI=1S/C28H35FN6O/c1-4-32(2)27-23-20-33(19-21-8-7-9-22(18-21)36-3)13-12-25(23)30-28(31-27)35-16-14-34(15-17-35)26-11-6-5-10-24(26)29/h5-11,18H,4,12-17,19-20H2,1-3H3. The molecule has 1 saturated heterocycles. The van der Waals surface area contributed by atoms with E-state index < -0.39 is 0 Å². The van der Waals surface area contributed by atoms with Gasteiger partial charge in [-0.2, -0.15) is 4.98 Å². The molecule has 0 unspecified atom stereocenters. The molecule has 0 spiro atoms. The summed E-state index contributed by atoms with van der Waals surface area (Å²) in [6, 6.07) is 15.3. The average molecular weight is 491 g/mol. The fourth-order valence-corrected chi connectivity index (χ4v) is 5.07. The van der Waals surface area contributed by atoms with Crippen molar-refractivity contribution in [3.63, 3.8) is 0 Å². The van der Waals surface area contributed by atoms with E-state index in [2.05, 4.69) is 45.7 Å². The minimum absolute atomic E-state index is 0.165. The summed E-state index contributed by atoms with van der Waals surface area (Å²) >= 11 is 0. The lowest BCUT2D eigenvalue weighted by Crippen LogP contribution is -2.47. The number of anilines is 3. The Kier molecular flexibility index (Phi) is 7.23. The number of hydrogen-bond donors (Lipinski definition) is 0. The SMILES string of the molecule is CCN(C)c1nc(N2CCN(c3ccccc3F)CC2)nc2c1CN(Cc1cccc(OC)c1)CC2. The molecule has 0 bridgehead atoms. The van der Waals surface area contributed by atoms with Crippen LogP contribution in [0.5, 0.6) is 5.75 Å². The summed E-state index contributed by atoms with van der Waals surface area (Å²) in [6.45, 7) is 8.70. The number of rotatable bonds is 7. The van der Waals surface area contributed by atoms with Gasteiger partial charge in [-0.25, -0.2) is 9.37 Å². The van der Waals surface area contributed by atoms with E-state index in [1.165, 1.54) is 17.2 Å². The number of piperazine rings is 1. The number of ether oxygens (including phenoxy) is 1. The number of benzene rings is 2. The average Bonchev–Trinajstić information content (AvgIpc) is 2.92. The van der Waals surface area contributed by atoms with E-state index >= 15 is 0 Å². The molecule has 0 saturated carbocycles. The van der Waals surface area contributed by atoms with Gasteiger partial charge in [0, 0.05) is 71.4 Å². The lowest BCUT2D eigenvalue weighted by atomic mass is 10.0. The molecule has 0 radical (unpaired) electrons. The van der Waals surface area contributed by atoms with Crippen LogP contribution in [0.15, 0.2) is 48.5 Å². The van der Waals surface area contributed by atoms with Crippen molar-refractivity contribution in [2.75, 3.05) is 68.1 Å². The van der Waals surface area contributed by atoms with Crippen LogP contribution in [0.1, 0.15) is 23.7 Å². The molecule has 2 aliphatic heterocycles. The molecule has 0 N–H and O–H groups in total. The zero-order chi connectivity index (χ0) is 25.1. The van der Waals surface area contributed by atoms with Gasteiger partial charge >= 0.3 is 0 Å². The molecule has 3 heterocycles. The molecule has 1 aromatic heterocycles. The van der Waals surface area contributed by atoms with Crippen LogP contribution in [0.2, 0.25) is 0 Å².